The van der Waals surface area contributed by atoms with Crippen molar-refractivity contribution >= 4 is 46.7 Å². The molecule has 0 aromatic heterocycles. The Morgan fingerprint density at radius 2 is 1.81 bits per heavy atom. The molecule has 0 radical (unpaired) electrons. The first-order valence-electron chi connectivity index (χ1n) is 8.01. The van der Waals surface area contributed by atoms with Gasteiger partial charge in [-0.2, -0.15) is 0 Å². The highest BCUT2D eigenvalue weighted by molar-refractivity contribution is 6.35. The van der Waals surface area contributed by atoms with Gasteiger partial charge in [-0.1, -0.05) is 35.4 Å². The molecular weight excluding hydrogens is 399 g/mol. The minimum atomic E-state index is -1.90. The maximum Gasteiger partial charge on any atom is 0.310 e. The van der Waals surface area contributed by atoms with Crippen LogP contribution in [0.5, 0.6) is 0 Å². The summed E-state index contributed by atoms with van der Waals surface area (Å²) in [5.74, 6) is -3.12. The molecular formula is C17H16Cl2N2O6. The van der Waals surface area contributed by atoms with E-state index in [9.17, 15) is 14.4 Å². The number of hydrogen-bond acceptors (Lipinski definition) is 5. The van der Waals surface area contributed by atoms with Crippen LogP contribution in [0, 0.1) is 5.92 Å². The van der Waals surface area contributed by atoms with Crippen molar-refractivity contribution in [1.29, 1.82) is 0 Å². The highest BCUT2D eigenvalue weighted by Crippen LogP contribution is 2.27. The summed E-state index contributed by atoms with van der Waals surface area (Å²) >= 11 is 11.8. The van der Waals surface area contributed by atoms with Gasteiger partial charge in [0.15, 0.2) is 0 Å². The predicted octanol–water partition coefficient (Wildman–Crippen LogP) is 1.82. The average molecular weight is 415 g/mol. The number of amides is 2. The Balaban J connectivity index is 1.73. The molecule has 0 bridgehead atoms. The van der Waals surface area contributed by atoms with Crippen molar-refractivity contribution in [2.45, 2.75) is 18.1 Å². The first kappa shape index (κ1) is 19.6. The van der Waals surface area contributed by atoms with Crippen molar-refractivity contribution in [3.05, 3.63) is 40.4 Å². The lowest BCUT2D eigenvalue weighted by molar-refractivity contribution is -0.151. The van der Waals surface area contributed by atoms with E-state index in [1.807, 2.05) is 0 Å². The van der Waals surface area contributed by atoms with Gasteiger partial charge in [-0.05, 0) is 24.6 Å². The number of carboxylic acid groups (broad SMARTS) is 1. The maximum atomic E-state index is 12.8. The number of benzene rings is 1. The summed E-state index contributed by atoms with van der Waals surface area (Å²) in [6.07, 6.45) is 3.28. The molecule has 1 heterocycles. The maximum absolute atomic E-state index is 12.8. The molecule has 3 atom stereocenters. The Bertz CT molecular complexity index is 786. The predicted molar refractivity (Wildman–Crippen MR) is 96.5 cm³/mol. The van der Waals surface area contributed by atoms with Gasteiger partial charge in [-0.3, -0.25) is 14.4 Å². The topological polar surface area (TPSA) is 114 Å². The van der Waals surface area contributed by atoms with Crippen LogP contribution in [0.15, 0.2) is 30.4 Å². The fourth-order valence-corrected chi connectivity index (χ4v) is 3.39. The van der Waals surface area contributed by atoms with E-state index in [-0.39, 0.29) is 19.8 Å². The number of anilines is 1. The third-order valence-corrected chi connectivity index (χ3v) is 4.70. The molecule has 27 heavy (non-hydrogen) atoms. The Labute approximate surface area is 164 Å². The highest BCUT2D eigenvalue weighted by Gasteiger charge is 2.52. The second-order valence-corrected chi connectivity index (χ2v) is 7.07. The number of carboxylic acids is 1. The van der Waals surface area contributed by atoms with E-state index in [0.29, 0.717) is 15.7 Å². The standard InChI is InChI=1S/C17H16Cl2N2O6/c18-10-4-11(19)6-13(5-10)21-16(25)17(7-26-8-27-17)15(24)20-12-2-1-9(3-12)14(22)23/h1-2,4-6,9,12H,3,7-8H2,(H,20,24)(H,21,25)(H,22,23)/t9-,12+,17?/m1/s1. The van der Waals surface area contributed by atoms with Gasteiger partial charge in [-0.25, -0.2) is 0 Å². The van der Waals surface area contributed by atoms with Gasteiger partial charge in [0.05, 0.1) is 12.5 Å². The van der Waals surface area contributed by atoms with Crippen LogP contribution in [0.25, 0.3) is 0 Å². The first-order valence-corrected chi connectivity index (χ1v) is 8.77. The van der Waals surface area contributed by atoms with Gasteiger partial charge in [-0.15, -0.1) is 0 Å². The number of nitrogens with one attached hydrogen (secondary N) is 2. The summed E-state index contributed by atoms with van der Waals surface area (Å²) in [5, 5.41) is 14.8. The van der Waals surface area contributed by atoms with E-state index in [4.69, 9.17) is 37.8 Å². The zero-order chi connectivity index (χ0) is 19.6. The SMILES string of the molecule is O=C(O)[C@@H]1C=C[C@H](NC(=O)C2(C(=O)Nc3cc(Cl)cc(Cl)c3)COCO2)C1. The summed E-state index contributed by atoms with van der Waals surface area (Å²) in [4.78, 5) is 36.6. The second kappa shape index (κ2) is 7.85. The summed E-state index contributed by atoms with van der Waals surface area (Å²) in [5.41, 5.74) is -1.60. The highest BCUT2D eigenvalue weighted by atomic mass is 35.5. The number of carbonyl (C=O) groups excluding carboxylic acids is 2. The van der Waals surface area contributed by atoms with Crippen molar-refractivity contribution < 1.29 is 29.0 Å². The van der Waals surface area contributed by atoms with Crippen molar-refractivity contribution in [2.24, 2.45) is 5.92 Å². The third kappa shape index (κ3) is 4.24. The zero-order valence-corrected chi connectivity index (χ0v) is 15.4. The van der Waals surface area contributed by atoms with E-state index in [1.54, 1.807) is 6.08 Å². The summed E-state index contributed by atoms with van der Waals surface area (Å²) < 4.78 is 10.4. The molecule has 2 aliphatic rings. The number of ether oxygens (including phenoxy) is 2. The molecule has 144 valence electrons. The number of aliphatic carboxylic acids is 1. The number of halogens is 2. The van der Waals surface area contributed by atoms with Crippen molar-refractivity contribution in [3.8, 4) is 0 Å². The van der Waals surface area contributed by atoms with E-state index in [0.717, 1.165) is 0 Å². The molecule has 1 fully saturated rings. The monoisotopic (exact) mass is 414 g/mol. The second-order valence-electron chi connectivity index (χ2n) is 6.20. The van der Waals surface area contributed by atoms with Gasteiger partial charge >= 0.3 is 5.97 Å². The Hall–Kier alpha value is -2.13. The van der Waals surface area contributed by atoms with Gasteiger partial charge in [0.1, 0.15) is 6.79 Å². The molecule has 1 saturated heterocycles. The largest absolute Gasteiger partial charge is 0.481 e. The summed E-state index contributed by atoms with van der Waals surface area (Å²) in [6.45, 7) is -0.507. The lowest BCUT2D eigenvalue weighted by Gasteiger charge is -2.26. The molecule has 8 nitrogen and oxygen atoms in total. The fourth-order valence-electron chi connectivity index (χ4n) is 2.87. The average Bonchev–Trinajstić information content (AvgIpc) is 3.23. The Morgan fingerprint density at radius 3 is 2.37 bits per heavy atom. The van der Waals surface area contributed by atoms with Gasteiger partial charge in [0.2, 0.25) is 0 Å². The quantitative estimate of drug-likeness (QED) is 0.500. The molecule has 2 amide bonds. The van der Waals surface area contributed by atoms with Gasteiger partial charge < -0.3 is 25.2 Å². The van der Waals surface area contributed by atoms with Crippen molar-refractivity contribution in [2.75, 3.05) is 18.7 Å². The van der Waals surface area contributed by atoms with Crippen molar-refractivity contribution in [3.63, 3.8) is 0 Å². The van der Waals surface area contributed by atoms with Crippen LogP contribution in [0.2, 0.25) is 10.0 Å². The van der Waals surface area contributed by atoms with Crippen LogP contribution < -0.4 is 10.6 Å². The molecule has 1 aromatic carbocycles. The van der Waals surface area contributed by atoms with E-state index in [1.165, 1.54) is 24.3 Å². The van der Waals surface area contributed by atoms with Crippen LogP contribution in [-0.4, -0.2) is 47.9 Å². The van der Waals surface area contributed by atoms with Gasteiger partial charge in [0.25, 0.3) is 17.4 Å². The van der Waals surface area contributed by atoms with Crippen LogP contribution in [0.4, 0.5) is 5.69 Å². The summed E-state index contributed by atoms with van der Waals surface area (Å²) in [6, 6.07) is 3.93. The van der Waals surface area contributed by atoms with Crippen LogP contribution >= 0.6 is 23.2 Å². The minimum absolute atomic E-state index is 0.198. The molecule has 1 unspecified atom stereocenters. The molecule has 0 spiro atoms. The normalized spacial score (nSPS) is 26.7. The van der Waals surface area contributed by atoms with E-state index < -0.39 is 35.3 Å². The van der Waals surface area contributed by atoms with E-state index in [2.05, 4.69) is 10.6 Å². The summed E-state index contributed by atoms with van der Waals surface area (Å²) in [7, 11) is 0. The van der Waals surface area contributed by atoms with Gasteiger partial charge in [0, 0.05) is 21.8 Å². The molecule has 1 aliphatic heterocycles. The smallest absolute Gasteiger partial charge is 0.310 e. The molecule has 1 aliphatic carbocycles. The minimum Gasteiger partial charge on any atom is -0.481 e. The molecule has 0 saturated carbocycles. The van der Waals surface area contributed by atoms with E-state index >= 15 is 0 Å². The lowest BCUT2D eigenvalue weighted by Crippen LogP contribution is -2.58. The Kier molecular flexibility index (Phi) is 5.71. The third-order valence-electron chi connectivity index (χ3n) is 4.27. The first-order chi connectivity index (χ1) is 12.8. The zero-order valence-electron chi connectivity index (χ0n) is 13.9. The Morgan fingerprint density at radius 1 is 1.11 bits per heavy atom. The fraction of sp³-hybridized carbons (Fsp3) is 0.353. The van der Waals surface area contributed by atoms with Crippen molar-refractivity contribution in [1.82, 2.24) is 5.32 Å². The van der Waals surface area contributed by atoms with Crippen LogP contribution in [0.3, 0.4) is 0 Å². The number of carbonyl (C=O) groups is 3. The molecule has 3 rings (SSSR count). The van der Waals surface area contributed by atoms with Crippen LogP contribution in [-0.2, 0) is 23.9 Å². The molecule has 1 aromatic rings. The van der Waals surface area contributed by atoms with Crippen LogP contribution in [0.1, 0.15) is 6.42 Å². The lowest BCUT2D eigenvalue weighted by atomic mass is 10.0. The molecule has 3 N–H and O–H groups in total. The number of rotatable bonds is 5. The number of hydrogen-bond donors (Lipinski definition) is 3. The molecule has 10 heteroatoms.